The lowest BCUT2D eigenvalue weighted by atomic mass is 10.2. The van der Waals surface area contributed by atoms with E-state index in [2.05, 4.69) is 42.0 Å². The molecule has 0 aliphatic rings. The third-order valence-corrected chi connectivity index (χ3v) is 6.41. The van der Waals surface area contributed by atoms with Gasteiger partial charge >= 0.3 is 5.69 Å². The van der Waals surface area contributed by atoms with E-state index in [4.69, 9.17) is 11.6 Å². The van der Waals surface area contributed by atoms with Crippen molar-refractivity contribution < 1.29 is 14.8 Å². The Hall–Kier alpha value is -3.16. The highest BCUT2D eigenvalue weighted by Gasteiger charge is 2.20. The van der Waals surface area contributed by atoms with Crippen LogP contribution in [0.15, 0.2) is 51.1 Å². The number of hydrazone groups is 1. The summed E-state index contributed by atoms with van der Waals surface area (Å²) < 4.78 is 2.77. The maximum absolute atomic E-state index is 12.4. The average molecular weight is 569 g/mol. The molecule has 1 aromatic heterocycles. The van der Waals surface area contributed by atoms with Gasteiger partial charge in [-0.15, -0.1) is 10.2 Å². The molecule has 1 heterocycles. The molecule has 0 bridgehead atoms. The lowest BCUT2D eigenvalue weighted by Crippen LogP contribution is -2.27. The number of nitro groups is 1. The first kappa shape index (κ1) is 25.5. The van der Waals surface area contributed by atoms with Crippen molar-refractivity contribution >= 4 is 62.8 Å². The van der Waals surface area contributed by atoms with Crippen molar-refractivity contribution in [2.75, 3.05) is 5.32 Å². The second-order valence-corrected chi connectivity index (χ2v) is 9.59. The van der Waals surface area contributed by atoms with Crippen LogP contribution in [0.25, 0.3) is 0 Å². The number of phenolic OH excluding ortho intramolecular Hbond substituents is 1. The number of nitrogens with one attached hydrogen (secondary N) is 2. The maximum atomic E-state index is 12.4. The number of nitrogens with zero attached hydrogens (tertiary/aromatic N) is 5. The molecule has 178 valence electrons. The van der Waals surface area contributed by atoms with Crippen LogP contribution in [0.2, 0.25) is 5.02 Å². The summed E-state index contributed by atoms with van der Waals surface area (Å²) in [7, 11) is 1.80. The van der Waals surface area contributed by atoms with E-state index in [0.717, 1.165) is 22.4 Å². The van der Waals surface area contributed by atoms with E-state index < -0.39 is 27.5 Å². The van der Waals surface area contributed by atoms with E-state index in [1.54, 1.807) is 18.5 Å². The van der Waals surface area contributed by atoms with Crippen LogP contribution in [0.4, 0.5) is 11.4 Å². The number of amides is 1. The van der Waals surface area contributed by atoms with Crippen LogP contribution in [-0.2, 0) is 18.4 Å². The quantitative estimate of drug-likeness (QED) is 0.151. The second kappa shape index (κ2) is 11.3. The molecule has 2 aromatic carbocycles. The molecule has 11 nitrogen and oxygen atoms in total. The number of halogens is 2. The van der Waals surface area contributed by atoms with Gasteiger partial charge in [-0.3, -0.25) is 14.9 Å². The number of anilines is 1. The average Bonchev–Trinajstić information content (AvgIpc) is 3.14. The number of aromatic hydroxyl groups is 1. The molecule has 0 aliphatic carbocycles. The van der Waals surface area contributed by atoms with Crippen LogP contribution in [0.1, 0.15) is 18.3 Å². The molecule has 0 fully saturated rings. The molecule has 0 saturated carbocycles. The number of aromatic nitrogens is 3. The first-order chi connectivity index (χ1) is 16.2. The van der Waals surface area contributed by atoms with Gasteiger partial charge in [0.15, 0.2) is 11.0 Å². The molecule has 14 heteroatoms. The molecule has 0 radical (unpaired) electrons. The Morgan fingerprint density at radius 2 is 2.09 bits per heavy atom. The Bertz CT molecular complexity index is 1240. The molecule has 0 unspecified atom stereocenters. The molecule has 3 N–H and O–H groups in total. The molecule has 1 atom stereocenters. The van der Waals surface area contributed by atoms with Gasteiger partial charge in [0, 0.05) is 33.9 Å². The third kappa shape index (κ3) is 6.46. The van der Waals surface area contributed by atoms with Crippen LogP contribution in [-0.4, -0.2) is 42.2 Å². The standard InChI is InChI=1S/C20H19BrClN7O4S/c1-11(19(31)26-24-9-12-7-14(22)8-16(18(12)30)29(32)33)34-20-27-25-17(28(20)2)10-23-15-5-3-13(21)4-6-15/h3-9,11,23,30H,10H2,1-2H3,(H,26,31)/b24-9-/t11-/m1/s1. The summed E-state index contributed by atoms with van der Waals surface area (Å²) >= 11 is 10.4. The van der Waals surface area contributed by atoms with Crippen molar-refractivity contribution in [2.24, 2.45) is 12.1 Å². The maximum Gasteiger partial charge on any atom is 0.312 e. The van der Waals surface area contributed by atoms with Crippen molar-refractivity contribution in [3.05, 3.63) is 67.4 Å². The van der Waals surface area contributed by atoms with Crippen molar-refractivity contribution in [2.45, 2.75) is 23.9 Å². The number of carbonyl (C=O) groups is 1. The van der Waals surface area contributed by atoms with E-state index in [1.165, 1.54) is 17.8 Å². The van der Waals surface area contributed by atoms with Gasteiger partial charge in [0.05, 0.1) is 22.9 Å². The minimum Gasteiger partial charge on any atom is -0.502 e. The van der Waals surface area contributed by atoms with Gasteiger partial charge in [0.2, 0.25) is 5.75 Å². The van der Waals surface area contributed by atoms with Crippen LogP contribution < -0.4 is 10.7 Å². The largest absolute Gasteiger partial charge is 0.502 e. The zero-order valence-electron chi connectivity index (χ0n) is 17.9. The number of benzene rings is 2. The summed E-state index contributed by atoms with van der Waals surface area (Å²) in [5.41, 5.74) is 2.71. The van der Waals surface area contributed by atoms with E-state index in [-0.39, 0.29) is 10.6 Å². The summed E-state index contributed by atoms with van der Waals surface area (Å²) in [6.45, 7) is 2.12. The number of phenols is 1. The topological polar surface area (TPSA) is 148 Å². The Kier molecular flexibility index (Phi) is 8.47. The predicted octanol–water partition coefficient (Wildman–Crippen LogP) is 4.09. The van der Waals surface area contributed by atoms with Crippen molar-refractivity contribution in [3.63, 3.8) is 0 Å². The van der Waals surface area contributed by atoms with Gasteiger partial charge in [-0.2, -0.15) is 5.10 Å². The minimum absolute atomic E-state index is 0.00368. The van der Waals surface area contributed by atoms with Gasteiger partial charge in [-0.05, 0) is 37.3 Å². The Morgan fingerprint density at radius 1 is 1.38 bits per heavy atom. The Balaban J connectivity index is 1.58. The number of hydrogen-bond donors (Lipinski definition) is 3. The molecular weight excluding hydrogens is 550 g/mol. The third-order valence-electron chi connectivity index (χ3n) is 4.53. The van der Waals surface area contributed by atoms with Gasteiger partial charge in [0.25, 0.3) is 5.91 Å². The summed E-state index contributed by atoms with van der Waals surface area (Å²) in [4.78, 5) is 22.6. The number of thioether (sulfide) groups is 1. The highest BCUT2D eigenvalue weighted by molar-refractivity contribution is 9.10. The lowest BCUT2D eigenvalue weighted by Gasteiger charge is -2.10. The summed E-state index contributed by atoms with van der Waals surface area (Å²) in [5, 5.41) is 36.3. The van der Waals surface area contributed by atoms with Crippen molar-refractivity contribution in [1.29, 1.82) is 0 Å². The second-order valence-electron chi connectivity index (χ2n) is 6.93. The van der Waals surface area contributed by atoms with Crippen LogP contribution in [0.5, 0.6) is 5.75 Å². The summed E-state index contributed by atoms with van der Waals surface area (Å²) in [6.07, 6.45) is 1.08. The monoisotopic (exact) mass is 567 g/mol. The fraction of sp³-hybridized carbons (Fsp3) is 0.200. The normalized spacial score (nSPS) is 12.0. The zero-order valence-corrected chi connectivity index (χ0v) is 21.1. The Labute approximate surface area is 211 Å². The van der Waals surface area contributed by atoms with Gasteiger partial charge < -0.3 is 15.0 Å². The highest BCUT2D eigenvalue weighted by atomic mass is 79.9. The molecule has 1 amide bonds. The van der Waals surface area contributed by atoms with E-state index in [1.807, 2.05) is 24.3 Å². The zero-order chi connectivity index (χ0) is 24.8. The van der Waals surface area contributed by atoms with Crippen molar-refractivity contribution in [3.8, 4) is 5.75 Å². The van der Waals surface area contributed by atoms with Gasteiger partial charge in [-0.1, -0.05) is 39.3 Å². The van der Waals surface area contributed by atoms with Crippen LogP contribution >= 0.6 is 39.3 Å². The molecule has 3 aromatic rings. The fourth-order valence-corrected chi connectivity index (χ4v) is 3.97. The highest BCUT2D eigenvalue weighted by Crippen LogP contribution is 2.32. The predicted molar refractivity (Wildman–Crippen MR) is 133 cm³/mol. The number of carbonyl (C=O) groups excluding carboxylic acids is 1. The number of rotatable bonds is 9. The lowest BCUT2D eigenvalue weighted by molar-refractivity contribution is -0.385. The molecule has 3 rings (SSSR count). The molecule has 0 aliphatic heterocycles. The smallest absolute Gasteiger partial charge is 0.312 e. The SMILES string of the molecule is C[C@@H](Sc1nnc(CNc2ccc(Br)cc2)n1C)C(=O)N/N=C\c1cc(Cl)cc([N+](=O)[O-])c1O. The van der Waals surface area contributed by atoms with Crippen molar-refractivity contribution in [1.82, 2.24) is 20.2 Å². The molecule has 0 saturated heterocycles. The van der Waals surface area contributed by atoms with Crippen LogP contribution in [0, 0.1) is 10.1 Å². The van der Waals surface area contributed by atoms with Gasteiger partial charge in [0.1, 0.15) is 0 Å². The summed E-state index contributed by atoms with van der Waals surface area (Å²) in [5.74, 6) is -0.345. The number of nitro benzene ring substituents is 1. The molecule has 34 heavy (non-hydrogen) atoms. The molecule has 0 spiro atoms. The minimum atomic E-state index is -0.764. The Morgan fingerprint density at radius 3 is 2.76 bits per heavy atom. The first-order valence-corrected chi connectivity index (χ1v) is 11.7. The van der Waals surface area contributed by atoms with E-state index in [9.17, 15) is 20.0 Å². The summed E-state index contributed by atoms with van der Waals surface area (Å²) in [6, 6.07) is 10.0. The van der Waals surface area contributed by atoms with Gasteiger partial charge in [-0.25, -0.2) is 5.43 Å². The van der Waals surface area contributed by atoms with Crippen LogP contribution in [0.3, 0.4) is 0 Å². The first-order valence-electron chi connectivity index (χ1n) is 9.70. The fourth-order valence-electron chi connectivity index (χ4n) is 2.66. The van der Waals surface area contributed by atoms with E-state index >= 15 is 0 Å². The molecular formula is C20H19BrClN7O4S. The van der Waals surface area contributed by atoms with E-state index in [0.29, 0.717) is 17.5 Å². The number of hydrogen-bond acceptors (Lipinski definition) is 9.